The predicted molar refractivity (Wildman–Crippen MR) is 84.5 cm³/mol. The molecule has 0 unspecified atom stereocenters. The van der Waals surface area contributed by atoms with E-state index in [1.807, 2.05) is 18.2 Å². The number of amides is 1. The number of nitrogens with zero attached hydrogens (tertiary/aromatic N) is 3. The highest BCUT2D eigenvalue weighted by Gasteiger charge is 2.18. The van der Waals surface area contributed by atoms with E-state index >= 15 is 0 Å². The number of rotatable bonds is 7. The van der Waals surface area contributed by atoms with Gasteiger partial charge in [0.2, 0.25) is 0 Å². The minimum Gasteiger partial charge on any atom is -0.466 e. The molecule has 2 rings (SSSR count). The lowest BCUT2D eigenvalue weighted by atomic mass is 10.2. The van der Waals surface area contributed by atoms with E-state index < -0.39 is 0 Å². The molecule has 0 bridgehead atoms. The summed E-state index contributed by atoms with van der Waals surface area (Å²) < 4.78 is 4.92. The lowest BCUT2D eigenvalue weighted by Crippen LogP contribution is -2.33. The van der Waals surface area contributed by atoms with Gasteiger partial charge in [-0.3, -0.25) is 19.6 Å². The van der Waals surface area contributed by atoms with Crippen LogP contribution in [-0.2, 0) is 16.1 Å². The van der Waals surface area contributed by atoms with Crippen molar-refractivity contribution in [2.45, 2.75) is 19.9 Å². The lowest BCUT2D eigenvalue weighted by Gasteiger charge is -2.22. The van der Waals surface area contributed by atoms with Crippen LogP contribution in [0.1, 0.15) is 29.4 Å². The SMILES string of the molecule is CCOC(=O)CCN(Cc1ccccn1)C(=O)c1cccnc1. The van der Waals surface area contributed by atoms with Crippen molar-refractivity contribution in [3.63, 3.8) is 0 Å². The molecule has 2 aromatic rings. The van der Waals surface area contributed by atoms with Crippen molar-refractivity contribution in [1.82, 2.24) is 14.9 Å². The Balaban J connectivity index is 2.10. The summed E-state index contributed by atoms with van der Waals surface area (Å²) in [5.41, 5.74) is 1.24. The van der Waals surface area contributed by atoms with E-state index in [2.05, 4.69) is 9.97 Å². The Hall–Kier alpha value is -2.76. The molecule has 0 spiro atoms. The van der Waals surface area contributed by atoms with E-state index in [9.17, 15) is 9.59 Å². The molecule has 1 amide bonds. The highest BCUT2D eigenvalue weighted by atomic mass is 16.5. The zero-order valence-electron chi connectivity index (χ0n) is 13.0. The summed E-state index contributed by atoms with van der Waals surface area (Å²) in [4.78, 5) is 34.0. The molecule has 6 nitrogen and oxygen atoms in total. The van der Waals surface area contributed by atoms with Gasteiger partial charge in [0.05, 0.1) is 30.8 Å². The summed E-state index contributed by atoms with van der Waals surface area (Å²) in [5, 5.41) is 0. The monoisotopic (exact) mass is 313 g/mol. The molecule has 0 saturated heterocycles. The molecule has 0 aliphatic rings. The molecule has 2 aromatic heterocycles. The third-order valence-corrected chi connectivity index (χ3v) is 3.17. The number of aromatic nitrogens is 2. The number of hydrogen-bond donors (Lipinski definition) is 0. The third kappa shape index (κ3) is 5.18. The summed E-state index contributed by atoms with van der Waals surface area (Å²) in [6.07, 6.45) is 4.94. The second kappa shape index (κ2) is 8.63. The second-order valence-electron chi connectivity index (χ2n) is 4.84. The zero-order chi connectivity index (χ0) is 16.5. The summed E-state index contributed by atoms with van der Waals surface area (Å²) in [5.74, 6) is -0.509. The Kier molecular flexibility index (Phi) is 6.23. The van der Waals surface area contributed by atoms with Gasteiger partial charge in [-0.25, -0.2) is 0 Å². The minimum absolute atomic E-state index is 0.146. The van der Waals surface area contributed by atoms with E-state index in [1.165, 1.54) is 6.20 Å². The van der Waals surface area contributed by atoms with Gasteiger partial charge in [0.15, 0.2) is 0 Å². The van der Waals surface area contributed by atoms with Gasteiger partial charge in [-0.05, 0) is 31.2 Å². The first-order valence-corrected chi connectivity index (χ1v) is 7.45. The normalized spacial score (nSPS) is 10.1. The van der Waals surface area contributed by atoms with Crippen molar-refractivity contribution >= 4 is 11.9 Å². The van der Waals surface area contributed by atoms with Gasteiger partial charge < -0.3 is 9.64 Å². The maximum Gasteiger partial charge on any atom is 0.307 e. The first kappa shape index (κ1) is 16.6. The highest BCUT2D eigenvalue weighted by Crippen LogP contribution is 2.09. The number of carbonyl (C=O) groups is 2. The van der Waals surface area contributed by atoms with Crippen LogP contribution in [0.5, 0.6) is 0 Å². The van der Waals surface area contributed by atoms with Crippen LogP contribution in [0.3, 0.4) is 0 Å². The largest absolute Gasteiger partial charge is 0.466 e. The van der Waals surface area contributed by atoms with Gasteiger partial charge in [0.1, 0.15) is 0 Å². The van der Waals surface area contributed by atoms with Crippen LogP contribution in [0.25, 0.3) is 0 Å². The van der Waals surface area contributed by atoms with Crippen molar-refractivity contribution in [3.8, 4) is 0 Å². The number of pyridine rings is 2. The van der Waals surface area contributed by atoms with Gasteiger partial charge >= 0.3 is 5.97 Å². The Morgan fingerprint density at radius 1 is 1.17 bits per heavy atom. The molecular weight excluding hydrogens is 294 g/mol. The highest BCUT2D eigenvalue weighted by molar-refractivity contribution is 5.94. The number of esters is 1. The fourth-order valence-corrected chi connectivity index (χ4v) is 2.07. The molecule has 6 heteroatoms. The number of carbonyl (C=O) groups excluding carboxylic acids is 2. The Morgan fingerprint density at radius 3 is 2.70 bits per heavy atom. The van der Waals surface area contributed by atoms with Crippen LogP contribution < -0.4 is 0 Å². The van der Waals surface area contributed by atoms with E-state index in [0.29, 0.717) is 18.7 Å². The maximum absolute atomic E-state index is 12.6. The van der Waals surface area contributed by atoms with Crippen molar-refractivity contribution in [2.24, 2.45) is 0 Å². The topological polar surface area (TPSA) is 72.4 Å². The van der Waals surface area contributed by atoms with Gasteiger partial charge in [-0.15, -0.1) is 0 Å². The van der Waals surface area contributed by atoms with Crippen LogP contribution in [0.2, 0.25) is 0 Å². The minimum atomic E-state index is -0.322. The number of hydrogen-bond acceptors (Lipinski definition) is 5. The molecule has 0 N–H and O–H groups in total. The quantitative estimate of drug-likeness (QED) is 0.732. The molecule has 0 fully saturated rings. The van der Waals surface area contributed by atoms with Crippen LogP contribution >= 0.6 is 0 Å². The Labute approximate surface area is 135 Å². The summed E-state index contributed by atoms with van der Waals surface area (Å²) >= 11 is 0. The standard InChI is InChI=1S/C17H19N3O3/c1-2-23-16(21)8-11-20(13-15-7-3-4-10-19-15)17(22)14-6-5-9-18-12-14/h3-7,9-10,12H,2,8,11,13H2,1H3. The first-order valence-electron chi connectivity index (χ1n) is 7.45. The molecule has 0 atom stereocenters. The van der Waals surface area contributed by atoms with E-state index in [-0.39, 0.29) is 24.8 Å². The Bertz CT molecular complexity index is 632. The predicted octanol–water partition coefficient (Wildman–Crippen LogP) is 2.07. The van der Waals surface area contributed by atoms with Crippen LogP contribution in [-0.4, -0.2) is 39.9 Å². The molecule has 0 aliphatic heterocycles. The molecule has 0 aromatic carbocycles. The second-order valence-corrected chi connectivity index (χ2v) is 4.84. The van der Waals surface area contributed by atoms with Crippen molar-refractivity contribution < 1.29 is 14.3 Å². The lowest BCUT2D eigenvalue weighted by molar-refractivity contribution is -0.143. The maximum atomic E-state index is 12.6. The van der Waals surface area contributed by atoms with E-state index in [4.69, 9.17) is 4.74 Å². The van der Waals surface area contributed by atoms with Gasteiger partial charge in [0.25, 0.3) is 5.91 Å². The van der Waals surface area contributed by atoms with Crippen LogP contribution in [0.15, 0.2) is 48.9 Å². The average molecular weight is 313 g/mol. The van der Waals surface area contributed by atoms with Crippen molar-refractivity contribution in [3.05, 3.63) is 60.2 Å². The van der Waals surface area contributed by atoms with Crippen LogP contribution in [0.4, 0.5) is 0 Å². The van der Waals surface area contributed by atoms with Gasteiger partial charge in [-0.2, -0.15) is 0 Å². The fourth-order valence-electron chi connectivity index (χ4n) is 2.07. The Morgan fingerprint density at radius 2 is 2.04 bits per heavy atom. The first-order chi connectivity index (χ1) is 11.2. The molecule has 2 heterocycles. The molecular formula is C17H19N3O3. The zero-order valence-corrected chi connectivity index (χ0v) is 13.0. The fraction of sp³-hybridized carbons (Fsp3) is 0.294. The van der Waals surface area contributed by atoms with Crippen molar-refractivity contribution in [2.75, 3.05) is 13.2 Å². The average Bonchev–Trinajstić information content (AvgIpc) is 2.60. The van der Waals surface area contributed by atoms with E-state index in [1.54, 1.807) is 36.4 Å². The van der Waals surface area contributed by atoms with E-state index in [0.717, 1.165) is 5.69 Å². The summed E-state index contributed by atoms with van der Waals surface area (Å²) in [6.45, 7) is 2.68. The molecule has 0 aliphatic carbocycles. The van der Waals surface area contributed by atoms with Gasteiger partial charge in [-0.1, -0.05) is 6.07 Å². The summed E-state index contributed by atoms with van der Waals surface area (Å²) in [6, 6.07) is 8.92. The third-order valence-electron chi connectivity index (χ3n) is 3.17. The smallest absolute Gasteiger partial charge is 0.307 e. The summed E-state index contributed by atoms with van der Waals surface area (Å²) in [7, 11) is 0. The van der Waals surface area contributed by atoms with Crippen molar-refractivity contribution in [1.29, 1.82) is 0 Å². The number of ether oxygens (including phenoxy) is 1. The molecule has 23 heavy (non-hydrogen) atoms. The van der Waals surface area contributed by atoms with Crippen LogP contribution in [0, 0.1) is 0 Å². The molecule has 120 valence electrons. The van der Waals surface area contributed by atoms with Gasteiger partial charge in [0, 0.05) is 25.1 Å². The molecule has 0 radical (unpaired) electrons. The molecule has 0 saturated carbocycles.